The van der Waals surface area contributed by atoms with Crippen LogP contribution in [0.1, 0.15) is 67.7 Å². The van der Waals surface area contributed by atoms with Crippen LogP contribution < -0.4 is 0 Å². The minimum absolute atomic E-state index is 0.122. The fourth-order valence-corrected chi connectivity index (χ4v) is 7.26. The van der Waals surface area contributed by atoms with Crippen molar-refractivity contribution in [2.24, 2.45) is 5.92 Å². The van der Waals surface area contributed by atoms with Crippen LogP contribution in [0.25, 0.3) is 0 Å². The average molecular weight is 481 g/mol. The number of cyclic esters (lactones) is 1. The van der Waals surface area contributed by atoms with Crippen molar-refractivity contribution in [3.05, 3.63) is 36.5 Å². The van der Waals surface area contributed by atoms with Crippen LogP contribution in [-0.2, 0) is 23.5 Å². The van der Waals surface area contributed by atoms with E-state index >= 15 is 0 Å². The van der Waals surface area contributed by atoms with Gasteiger partial charge in [-0.3, -0.25) is 9.59 Å². The van der Waals surface area contributed by atoms with E-state index in [0.29, 0.717) is 12.8 Å². The first-order valence-electron chi connectivity index (χ1n) is 12.2. The summed E-state index contributed by atoms with van der Waals surface area (Å²) in [5.41, 5.74) is -0.441. The zero-order valence-electron chi connectivity index (χ0n) is 21.6. The van der Waals surface area contributed by atoms with Crippen molar-refractivity contribution in [1.82, 2.24) is 0 Å². The van der Waals surface area contributed by atoms with Crippen molar-refractivity contribution in [3.63, 3.8) is 0 Å². The van der Waals surface area contributed by atoms with Crippen LogP contribution in [-0.4, -0.2) is 49.3 Å². The Hall–Kier alpha value is -1.70. The maximum absolute atomic E-state index is 13.0. The highest BCUT2D eigenvalue weighted by Crippen LogP contribution is 2.31. The summed E-state index contributed by atoms with van der Waals surface area (Å²) in [6.07, 6.45) is 6.25. The molecule has 0 aliphatic carbocycles. The molecule has 1 rings (SSSR count). The van der Waals surface area contributed by atoms with E-state index in [-0.39, 0.29) is 24.4 Å². The summed E-state index contributed by atoms with van der Waals surface area (Å²) in [5.74, 6) is -0.976. The summed E-state index contributed by atoms with van der Waals surface area (Å²) >= 11 is 0. The third-order valence-corrected chi connectivity index (χ3v) is 11.5. The molecule has 1 N–H and O–H groups in total. The summed E-state index contributed by atoms with van der Waals surface area (Å²) in [6.45, 7) is 17.0. The summed E-state index contributed by atoms with van der Waals surface area (Å²) in [7, 11) is -1.99. The molecule has 0 aromatic carbocycles. The lowest BCUT2D eigenvalue weighted by Crippen LogP contribution is -2.45. The number of ether oxygens (including phenoxy) is 2. The third-order valence-electron chi connectivity index (χ3n) is 6.78. The highest BCUT2D eigenvalue weighted by Gasteiger charge is 2.38. The van der Waals surface area contributed by atoms with E-state index in [1.54, 1.807) is 19.1 Å². The van der Waals surface area contributed by atoms with Crippen molar-refractivity contribution >= 4 is 20.3 Å². The number of hydrogen-bond acceptors (Lipinski definition) is 6. The first kappa shape index (κ1) is 29.3. The topological polar surface area (TPSA) is 82.1 Å². The number of esters is 2. The van der Waals surface area contributed by atoms with Gasteiger partial charge in [-0.1, -0.05) is 52.5 Å². The number of hydrogen-bond donors (Lipinski definition) is 1. The quantitative estimate of drug-likeness (QED) is 0.214. The summed E-state index contributed by atoms with van der Waals surface area (Å²) in [6, 6.07) is 2.88. The Morgan fingerprint density at radius 1 is 1.27 bits per heavy atom. The molecule has 0 aromatic heterocycles. The zero-order chi connectivity index (χ0) is 25.2. The van der Waals surface area contributed by atoms with Gasteiger partial charge in [0.15, 0.2) is 8.32 Å². The van der Waals surface area contributed by atoms with Gasteiger partial charge in [-0.2, -0.15) is 0 Å². The first-order valence-corrected chi connectivity index (χ1v) is 14.7. The van der Waals surface area contributed by atoms with Gasteiger partial charge in [0.1, 0.15) is 17.8 Å². The minimum Gasteiger partial charge on any atom is -0.457 e. The zero-order valence-corrected chi connectivity index (χ0v) is 22.6. The molecule has 33 heavy (non-hydrogen) atoms. The minimum atomic E-state index is -1.99. The second-order valence-corrected chi connectivity index (χ2v) is 14.1. The van der Waals surface area contributed by atoms with Crippen LogP contribution in [0.3, 0.4) is 0 Å². The second kappa shape index (κ2) is 13.3. The van der Waals surface area contributed by atoms with Gasteiger partial charge >= 0.3 is 11.9 Å². The molecule has 0 saturated heterocycles. The molecule has 1 aliphatic heterocycles. The molecule has 7 heteroatoms. The maximum Gasteiger partial charge on any atom is 0.308 e. The Morgan fingerprint density at radius 3 is 2.39 bits per heavy atom. The molecule has 1 heterocycles. The molecule has 0 aromatic rings. The van der Waals surface area contributed by atoms with Gasteiger partial charge in [-0.15, -0.1) is 0 Å². The van der Waals surface area contributed by atoms with Gasteiger partial charge < -0.3 is 19.0 Å². The van der Waals surface area contributed by atoms with Gasteiger partial charge in [-0.25, -0.2) is 0 Å². The van der Waals surface area contributed by atoms with Crippen LogP contribution in [0.15, 0.2) is 36.5 Å². The van der Waals surface area contributed by atoms with Crippen LogP contribution in [0.2, 0.25) is 18.1 Å². The molecule has 0 bridgehead atoms. The van der Waals surface area contributed by atoms with E-state index in [4.69, 9.17) is 13.9 Å². The molecule has 0 spiro atoms. The molecule has 0 saturated carbocycles. The van der Waals surface area contributed by atoms with Gasteiger partial charge in [-0.05, 0) is 56.5 Å². The van der Waals surface area contributed by atoms with E-state index < -0.39 is 32.1 Å². The van der Waals surface area contributed by atoms with Crippen molar-refractivity contribution in [3.8, 4) is 0 Å². The first-order chi connectivity index (χ1) is 15.4. The molecule has 5 atom stereocenters. The Kier molecular flexibility index (Phi) is 11.8. The van der Waals surface area contributed by atoms with E-state index in [2.05, 4.69) is 27.4 Å². The standard InChI is InChI=1S/C26H44O6Si/c1-9-13-19(5)25-20(6)14-15-23(30-21(7)27)26(8,29)17-16-22(18-24(28)31-25)32-33(10-2,11-3)12-4/h9,13-15,20,22-23,25,29H,1,10-12,16-18H2,2-8H3/b15-14-,19-13+/t20-,22+,23-,25+,26+/m0/s1. The van der Waals surface area contributed by atoms with Crippen LogP contribution >= 0.6 is 0 Å². The van der Waals surface area contributed by atoms with Crippen LogP contribution in [0.4, 0.5) is 0 Å². The number of rotatable bonds is 8. The molecular formula is C26H44O6Si. The van der Waals surface area contributed by atoms with E-state index in [9.17, 15) is 14.7 Å². The monoisotopic (exact) mass is 480 g/mol. The normalized spacial score (nSPS) is 31.0. The molecule has 0 unspecified atom stereocenters. The van der Waals surface area contributed by atoms with Crippen LogP contribution in [0, 0.1) is 5.92 Å². The smallest absolute Gasteiger partial charge is 0.308 e. The van der Waals surface area contributed by atoms with Crippen molar-refractivity contribution < 1.29 is 28.6 Å². The van der Waals surface area contributed by atoms with Crippen molar-refractivity contribution in [1.29, 1.82) is 0 Å². The fraction of sp³-hybridized carbons (Fsp3) is 0.692. The molecule has 0 fully saturated rings. The van der Waals surface area contributed by atoms with Gasteiger partial charge in [0.25, 0.3) is 0 Å². The lowest BCUT2D eigenvalue weighted by atomic mass is 9.89. The Balaban J connectivity index is 3.41. The maximum atomic E-state index is 13.0. The molecule has 188 valence electrons. The van der Waals surface area contributed by atoms with Crippen LogP contribution in [0.5, 0.6) is 0 Å². The SMILES string of the molecule is C=C/C=C(\C)[C@H]1OC(=O)C[C@H](O[Si](CC)(CC)CC)CC[C@@](C)(O)[C@@H](OC(C)=O)/C=C\[C@@H]1C. The predicted octanol–water partition coefficient (Wildman–Crippen LogP) is 5.48. The highest BCUT2D eigenvalue weighted by molar-refractivity contribution is 6.73. The predicted molar refractivity (Wildman–Crippen MR) is 134 cm³/mol. The summed E-state index contributed by atoms with van der Waals surface area (Å²) in [4.78, 5) is 24.7. The Labute approximate surface area is 201 Å². The number of carbonyl (C=O) groups is 2. The highest BCUT2D eigenvalue weighted by atomic mass is 28.4. The summed E-state index contributed by atoms with van der Waals surface area (Å²) < 4.78 is 18.1. The average Bonchev–Trinajstić information content (AvgIpc) is 2.76. The van der Waals surface area contributed by atoms with Gasteiger partial charge in [0.05, 0.1) is 12.5 Å². The number of aliphatic hydroxyl groups is 1. The fourth-order valence-electron chi connectivity index (χ4n) is 4.35. The molecule has 6 nitrogen and oxygen atoms in total. The lowest BCUT2D eigenvalue weighted by molar-refractivity contribution is -0.157. The van der Waals surface area contributed by atoms with E-state index in [1.165, 1.54) is 6.92 Å². The van der Waals surface area contributed by atoms with Gasteiger partial charge in [0.2, 0.25) is 0 Å². The summed E-state index contributed by atoms with van der Waals surface area (Å²) in [5, 5.41) is 11.3. The van der Waals surface area contributed by atoms with E-state index in [1.807, 2.05) is 26.0 Å². The molecule has 1 aliphatic rings. The second-order valence-electron chi connectivity index (χ2n) is 9.41. The molecule has 0 amide bonds. The third kappa shape index (κ3) is 8.87. The Bertz CT molecular complexity index is 714. The molecule has 0 radical (unpaired) electrons. The van der Waals surface area contributed by atoms with Gasteiger partial charge in [0, 0.05) is 12.8 Å². The van der Waals surface area contributed by atoms with E-state index in [0.717, 1.165) is 23.7 Å². The Morgan fingerprint density at radius 2 is 1.88 bits per heavy atom. The largest absolute Gasteiger partial charge is 0.457 e. The molecular weight excluding hydrogens is 436 g/mol. The lowest BCUT2D eigenvalue weighted by Gasteiger charge is -2.36. The number of carbonyl (C=O) groups excluding carboxylic acids is 2. The van der Waals surface area contributed by atoms with Crippen molar-refractivity contribution in [2.45, 2.75) is 110 Å². The van der Waals surface area contributed by atoms with Crippen molar-refractivity contribution in [2.75, 3.05) is 0 Å². The number of allylic oxidation sites excluding steroid dienone is 2.